The van der Waals surface area contributed by atoms with Crippen LogP contribution in [0.1, 0.15) is 34.0 Å². The third-order valence-corrected chi connectivity index (χ3v) is 6.77. The molecule has 5 rings (SSSR count). The first-order chi connectivity index (χ1) is 18.0. The average Bonchev–Trinajstić information content (AvgIpc) is 3.31. The van der Waals surface area contributed by atoms with Crippen LogP contribution in [0.2, 0.25) is 0 Å². The van der Waals surface area contributed by atoms with E-state index in [0.717, 1.165) is 16.8 Å². The van der Waals surface area contributed by atoms with E-state index in [9.17, 15) is 19.1 Å². The highest BCUT2D eigenvalue weighted by Crippen LogP contribution is 2.32. The molecule has 7 nitrogen and oxygen atoms in total. The van der Waals surface area contributed by atoms with Gasteiger partial charge in [0.25, 0.3) is 0 Å². The zero-order valence-corrected chi connectivity index (χ0v) is 20.3. The number of ether oxygens (including phenoxy) is 1. The van der Waals surface area contributed by atoms with Gasteiger partial charge in [0, 0.05) is 18.7 Å². The van der Waals surface area contributed by atoms with Crippen molar-refractivity contribution in [2.45, 2.75) is 31.5 Å². The Morgan fingerprint density at radius 2 is 1.70 bits per heavy atom. The Bertz CT molecular complexity index is 1380. The van der Waals surface area contributed by atoms with Gasteiger partial charge in [-0.05, 0) is 28.8 Å². The summed E-state index contributed by atoms with van der Waals surface area (Å²) in [7, 11) is 1.41. The highest BCUT2D eigenvalue weighted by atomic mass is 19.1. The molecule has 37 heavy (non-hydrogen) atoms. The zero-order chi connectivity index (χ0) is 25.9. The third-order valence-electron chi connectivity index (χ3n) is 6.77. The number of hydrogen-bond acceptors (Lipinski definition) is 4. The summed E-state index contributed by atoms with van der Waals surface area (Å²) < 4.78 is 21.0. The van der Waals surface area contributed by atoms with Gasteiger partial charge in [-0.2, -0.15) is 0 Å². The van der Waals surface area contributed by atoms with Gasteiger partial charge in [0.2, 0.25) is 5.91 Å². The van der Waals surface area contributed by atoms with Gasteiger partial charge in [-0.1, -0.05) is 66.7 Å². The van der Waals surface area contributed by atoms with E-state index in [1.165, 1.54) is 18.1 Å². The van der Waals surface area contributed by atoms with Crippen molar-refractivity contribution in [1.82, 2.24) is 14.5 Å². The lowest BCUT2D eigenvalue weighted by molar-refractivity contribution is -0.151. The first kappa shape index (κ1) is 24.2. The lowest BCUT2D eigenvalue weighted by atomic mass is 9.88. The standard InChI is InChI=1S/C29H26FN3O4/c1-37-26-13-12-19(14-22(26)30)16-32-18-31-23-17-33(25(29(35)36)15-24(23)32)28(34)27(20-8-4-2-5-9-20)21-10-6-3-7-11-21/h2-14,18,25,27H,15-17H2,1H3,(H,35,36)/t25-/m0/s1. The number of aliphatic carboxylic acids is 1. The maximum Gasteiger partial charge on any atom is 0.326 e. The maximum absolute atomic E-state index is 14.2. The van der Waals surface area contributed by atoms with Crippen LogP contribution < -0.4 is 4.74 Å². The molecule has 2 heterocycles. The second kappa shape index (κ2) is 10.3. The minimum absolute atomic E-state index is 0.0747. The van der Waals surface area contributed by atoms with Crippen LogP contribution in [0.5, 0.6) is 5.75 Å². The summed E-state index contributed by atoms with van der Waals surface area (Å²) in [6, 6.07) is 22.4. The lowest BCUT2D eigenvalue weighted by Gasteiger charge is -2.35. The third kappa shape index (κ3) is 4.82. The van der Waals surface area contributed by atoms with E-state index in [1.54, 1.807) is 18.5 Å². The van der Waals surface area contributed by atoms with Crippen LogP contribution in [-0.4, -0.2) is 44.6 Å². The molecule has 0 radical (unpaired) electrons. The van der Waals surface area contributed by atoms with Gasteiger partial charge < -0.3 is 19.3 Å². The molecular weight excluding hydrogens is 473 g/mol. The van der Waals surface area contributed by atoms with Gasteiger partial charge >= 0.3 is 5.97 Å². The normalized spacial score (nSPS) is 14.9. The van der Waals surface area contributed by atoms with E-state index in [0.29, 0.717) is 17.8 Å². The van der Waals surface area contributed by atoms with Crippen LogP contribution in [0.4, 0.5) is 4.39 Å². The number of fused-ring (bicyclic) bond motifs is 1. The largest absolute Gasteiger partial charge is 0.494 e. The van der Waals surface area contributed by atoms with Crippen molar-refractivity contribution in [3.63, 3.8) is 0 Å². The summed E-state index contributed by atoms with van der Waals surface area (Å²) in [4.78, 5) is 32.3. The van der Waals surface area contributed by atoms with Crippen LogP contribution in [0.25, 0.3) is 0 Å². The minimum atomic E-state index is -1.08. The Balaban J connectivity index is 1.47. The molecule has 0 spiro atoms. The van der Waals surface area contributed by atoms with E-state index in [-0.39, 0.29) is 24.6 Å². The molecule has 0 bridgehead atoms. The van der Waals surface area contributed by atoms with Crippen molar-refractivity contribution in [1.29, 1.82) is 0 Å². The molecule has 0 unspecified atom stereocenters. The van der Waals surface area contributed by atoms with Crippen molar-refractivity contribution < 1.29 is 23.8 Å². The molecule has 0 saturated carbocycles. The fraction of sp³-hybridized carbons (Fsp3) is 0.207. The summed E-state index contributed by atoms with van der Waals surface area (Å²) in [6.07, 6.45) is 1.72. The summed E-state index contributed by atoms with van der Waals surface area (Å²) in [5.74, 6) is -2.33. The molecule has 1 atom stereocenters. The zero-order valence-electron chi connectivity index (χ0n) is 20.3. The lowest BCUT2D eigenvalue weighted by Crippen LogP contribution is -2.50. The van der Waals surface area contributed by atoms with Crippen molar-refractivity contribution in [2.24, 2.45) is 0 Å². The Morgan fingerprint density at radius 1 is 1.05 bits per heavy atom. The average molecular weight is 500 g/mol. The number of rotatable bonds is 7. The highest BCUT2D eigenvalue weighted by molar-refractivity contribution is 5.91. The number of imidazole rings is 1. The number of carbonyl (C=O) groups excluding carboxylic acids is 1. The monoisotopic (exact) mass is 499 g/mol. The minimum Gasteiger partial charge on any atom is -0.494 e. The van der Waals surface area contributed by atoms with Gasteiger partial charge in [-0.15, -0.1) is 0 Å². The van der Waals surface area contributed by atoms with E-state index in [1.807, 2.05) is 65.2 Å². The fourth-order valence-corrected chi connectivity index (χ4v) is 4.91. The Labute approximate surface area is 213 Å². The Hall–Kier alpha value is -4.46. The Morgan fingerprint density at radius 3 is 2.27 bits per heavy atom. The van der Waals surface area contributed by atoms with Gasteiger partial charge in [0.1, 0.15) is 6.04 Å². The van der Waals surface area contributed by atoms with Crippen LogP contribution >= 0.6 is 0 Å². The number of aromatic nitrogens is 2. The van der Waals surface area contributed by atoms with Crippen molar-refractivity contribution in [2.75, 3.05) is 7.11 Å². The topological polar surface area (TPSA) is 84.7 Å². The first-order valence-corrected chi connectivity index (χ1v) is 11.9. The molecule has 0 aliphatic carbocycles. The molecule has 8 heteroatoms. The van der Waals surface area contributed by atoms with Crippen molar-refractivity contribution in [3.8, 4) is 5.75 Å². The quantitative estimate of drug-likeness (QED) is 0.411. The molecule has 3 aromatic carbocycles. The second-order valence-electron chi connectivity index (χ2n) is 9.01. The molecule has 1 aliphatic rings. The number of carboxylic acids is 1. The molecule has 188 valence electrons. The van der Waals surface area contributed by atoms with Crippen molar-refractivity contribution in [3.05, 3.63) is 119 Å². The van der Waals surface area contributed by atoms with Crippen LogP contribution in [0, 0.1) is 5.82 Å². The van der Waals surface area contributed by atoms with Gasteiger partial charge in [-0.25, -0.2) is 14.2 Å². The summed E-state index contributed by atoms with van der Waals surface area (Å²) in [6.45, 7) is 0.394. The number of carbonyl (C=O) groups is 2. The van der Waals surface area contributed by atoms with Crippen LogP contribution in [0.15, 0.2) is 85.2 Å². The molecule has 1 aliphatic heterocycles. The molecule has 0 fully saturated rings. The number of benzene rings is 3. The SMILES string of the molecule is COc1ccc(Cn2cnc3c2C[C@@H](C(=O)O)N(C(=O)C(c2ccccc2)c2ccccc2)C3)cc1F. The molecular formula is C29H26FN3O4. The molecule has 1 aromatic heterocycles. The van der Waals surface area contributed by atoms with Crippen LogP contribution in [0.3, 0.4) is 0 Å². The summed E-state index contributed by atoms with van der Waals surface area (Å²) in [5, 5.41) is 10.1. The van der Waals surface area contributed by atoms with Gasteiger partial charge in [0.15, 0.2) is 11.6 Å². The number of hydrogen-bond donors (Lipinski definition) is 1. The van der Waals surface area contributed by atoms with Crippen LogP contribution in [-0.2, 0) is 29.1 Å². The van der Waals surface area contributed by atoms with E-state index in [2.05, 4.69) is 4.98 Å². The number of halogens is 1. The number of carboxylic acid groups (broad SMARTS) is 1. The second-order valence-corrected chi connectivity index (χ2v) is 9.01. The molecule has 0 saturated heterocycles. The number of amides is 1. The predicted octanol–water partition coefficient (Wildman–Crippen LogP) is 4.25. The smallest absolute Gasteiger partial charge is 0.326 e. The van der Waals surface area contributed by atoms with E-state index >= 15 is 0 Å². The number of nitrogens with zero attached hydrogens (tertiary/aromatic N) is 3. The summed E-state index contributed by atoms with van der Waals surface area (Å²) in [5.41, 5.74) is 3.64. The van der Waals surface area contributed by atoms with E-state index in [4.69, 9.17) is 4.74 Å². The molecule has 1 amide bonds. The van der Waals surface area contributed by atoms with Crippen molar-refractivity contribution >= 4 is 11.9 Å². The predicted molar refractivity (Wildman–Crippen MR) is 135 cm³/mol. The summed E-state index contributed by atoms with van der Waals surface area (Å²) >= 11 is 0. The fourth-order valence-electron chi connectivity index (χ4n) is 4.91. The molecule has 4 aromatic rings. The highest BCUT2D eigenvalue weighted by Gasteiger charge is 2.40. The number of methoxy groups -OCH3 is 1. The van der Waals surface area contributed by atoms with Gasteiger partial charge in [0.05, 0.1) is 31.6 Å². The van der Waals surface area contributed by atoms with E-state index < -0.39 is 23.7 Å². The molecule has 1 N–H and O–H groups in total. The maximum atomic E-state index is 14.2. The first-order valence-electron chi connectivity index (χ1n) is 11.9. The Kier molecular flexibility index (Phi) is 6.72. The van der Waals surface area contributed by atoms with Gasteiger partial charge in [-0.3, -0.25) is 4.79 Å².